The van der Waals surface area contributed by atoms with E-state index in [-0.39, 0.29) is 0 Å². The first-order valence-corrected chi connectivity index (χ1v) is 11.0. The first kappa shape index (κ1) is 21.3. The van der Waals surface area contributed by atoms with Gasteiger partial charge in [0, 0.05) is 26.6 Å². The van der Waals surface area contributed by atoms with Gasteiger partial charge in [0.15, 0.2) is 11.2 Å². The highest BCUT2D eigenvalue weighted by molar-refractivity contribution is 5.74. The topological polar surface area (TPSA) is 98.4 Å². The van der Waals surface area contributed by atoms with Gasteiger partial charge in [-0.3, -0.25) is 14.3 Å². The molecule has 0 radical (unpaired) electrons. The van der Waals surface area contributed by atoms with Crippen molar-refractivity contribution in [2.45, 2.75) is 25.8 Å². The van der Waals surface area contributed by atoms with E-state index in [4.69, 9.17) is 4.74 Å². The highest BCUT2D eigenvalue weighted by Crippen LogP contribution is 2.17. The fourth-order valence-corrected chi connectivity index (χ4v) is 4.12. The maximum Gasteiger partial charge on any atom is 0.329 e. The Bertz CT molecular complexity index is 1110. The lowest BCUT2D eigenvalue weighted by atomic mass is 10.1. The highest BCUT2D eigenvalue weighted by atomic mass is 16.5. The van der Waals surface area contributed by atoms with E-state index in [1.807, 2.05) is 22.8 Å². The van der Waals surface area contributed by atoms with E-state index in [1.165, 1.54) is 10.1 Å². The van der Waals surface area contributed by atoms with Crippen LogP contribution >= 0.6 is 0 Å². The fourth-order valence-electron chi connectivity index (χ4n) is 4.12. The Balaban J connectivity index is 1.49. The fraction of sp³-hybridized carbons (Fsp3) is 0.500. The lowest BCUT2D eigenvalue weighted by Gasteiger charge is -2.23. The van der Waals surface area contributed by atoms with Gasteiger partial charge in [-0.15, -0.1) is 0 Å². The van der Waals surface area contributed by atoms with Crippen molar-refractivity contribution in [3.8, 4) is 0 Å². The molecule has 1 saturated heterocycles. The van der Waals surface area contributed by atoms with Crippen LogP contribution in [0.4, 0.5) is 5.95 Å². The average molecular weight is 428 g/mol. The summed E-state index contributed by atoms with van der Waals surface area (Å²) in [5.41, 5.74) is 1.27. The number of ether oxygens (including phenoxy) is 1. The second-order valence-electron chi connectivity index (χ2n) is 8.06. The van der Waals surface area contributed by atoms with Crippen molar-refractivity contribution >= 4 is 17.1 Å². The summed E-state index contributed by atoms with van der Waals surface area (Å²) in [7, 11) is 1.63. The van der Waals surface area contributed by atoms with E-state index in [0.717, 1.165) is 58.7 Å². The number of aromatic amines is 1. The van der Waals surface area contributed by atoms with Crippen LogP contribution in [0.5, 0.6) is 0 Å². The van der Waals surface area contributed by atoms with Crippen LogP contribution in [0.1, 0.15) is 18.4 Å². The number of aryl methyl sites for hydroxylation is 3. The number of hydrogen-bond acceptors (Lipinski definition) is 5. The van der Waals surface area contributed by atoms with Crippen molar-refractivity contribution in [2.24, 2.45) is 7.05 Å². The zero-order chi connectivity index (χ0) is 21.6. The maximum atomic E-state index is 12.6. The molecule has 4 rings (SSSR count). The third kappa shape index (κ3) is 5.05. The van der Waals surface area contributed by atoms with Crippen LogP contribution in [-0.2, 0) is 24.8 Å². The van der Waals surface area contributed by atoms with E-state index in [0.29, 0.717) is 23.7 Å². The minimum absolute atomic E-state index is 0.392. The molecule has 3 N–H and O–H groups in total. The van der Waals surface area contributed by atoms with E-state index in [9.17, 15) is 9.59 Å². The number of H-pyrrole nitrogens is 1. The Morgan fingerprint density at radius 1 is 1.16 bits per heavy atom. The summed E-state index contributed by atoms with van der Waals surface area (Å²) in [6.07, 6.45) is 2.77. The van der Waals surface area contributed by atoms with Crippen molar-refractivity contribution in [1.29, 1.82) is 0 Å². The smallest absolute Gasteiger partial charge is 0.329 e. The molecule has 9 nitrogen and oxygen atoms in total. The molecule has 0 saturated carbocycles. The molecular formula is C22H31N6O3+. The van der Waals surface area contributed by atoms with Crippen LogP contribution < -0.4 is 21.5 Å². The minimum Gasteiger partial charge on any atom is -0.370 e. The van der Waals surface area contributed by atoms with E-state index < -0.39 is 11.2 Å². The van der Waals surface area contributed by atoms with E-state index in [1.54, 1.807) is 11.9 Å². The van der Waals surface area contributed by atoms with Crippen molar-refractivity contribution in [2.75, 3.05) is 44.7 Å². The number of fused-ring (bicyclic) bond motifs is 1. The van der Waals surface area contributed by atoms with Gasteiger partial charge < -0.3 is 19.5 Å². The molecule has 0 atom stereocenters. The first-order valence-electron chi connectivity index (χ1n) is 11.0. The number of aromatic nitrogens is 4. The van der Waals surface area contributed by atoms with Crippen LogP contribution in [0.15, 0.2) is 39.9 Å². The Morgan fingerprint density at radius 2 is 1.94 bits per heavy atom. The van der Waals surface area contributed by atoms with Gasteiger partial charge in [-0.1, -0.05) is 30.3 Å². The summed E-state index contributed by atoms with van der Waals surface area (Å²) in [4.78, 5) is 33.2. The highest BCUT2D eigenvalue weighted by Gasteiger charge is 2.18. The zero-order valence-corrected chi connectivity index (χ0v) is 18.0. The molecule has 9 heteroatoms. The van der Waals surface area contributed by atoms with Crippen LogP contribution in [-0.4, -0.2) is 58.5 Å². The first-order chi connectivity index (χ1) is 15.1. The van der Waals surface area contributed by atoms with Crippen LogP contribution in [0.2, 0.25) is 0 Å². The van der Waals surface area contributed by atoms with Crippen LogP contribution in [0.3, 0.4) is 0 Å². The Kier molecular flexibility index (Phi) is 6.83. The summed E-state index contributed by atoms with van der Waals surface area (Å²) >= 11 is 0. The number of nitrogens with one attached hydrogen (secondary N) is 3. The predicted molar refractivity (Wildman–Crippen MR) is 120 cm³/mol. The summed E-state index contributed by atoms with van der Waals surface area (Å²) in [6, 6.07) is 10.3. The molecule has 1 aromatic carbocycles. The Morgan fingerprint density at radius 3 is 2.71 bits per heavy atom. The summed E-state index contributed by atoms with van der Waals surface area (Å²) in [5.74, 6) is 0.645. The molecule has 3 heterocycles. The summed E-state index contributed by atoms with van der Waals surface area (Å²) in [6.45, 7) is 6.24. The monoisotopic (exact) mass is 427 g/mol. The largest absolute Gasteiger partial charge is 0.370 e. The van der Waals surface area contributed by atoms with Gasteiger partial charge in [0.05, 0.1) is 19.8 Å². The number of imidazole rings is 1. The quantitative estimate of drug-likeness (QED) is 0.410. The third-order valence-electron chi connectivity index (χ3n) is 5.89. The number of morpholine rings is 1. The molecule has 0 unspecified atom stereocenters. The number of anilines is 1. The van der Waals surface area contributed by atoms with Gasteiger partial charge in [-0.05, 0) is 18.4 Å². The molecule has 3 aromatic rings. The molecule has 0 bridgehead atoms. The van der Waals surface area contributed by atoms with Crippen molar-refractivity contribution in [1.82, 2.24) is 19.1 Å². The maximum absolute atomic E-state index is 12.6. The number of rotatable bonds is 9. The second kappa shape index (κ2) is 9.93. The van der Waals surface area contributed by atoms with Crippen molar-refractivity contribution < 1.29 is 9.64 Å². The van der Waals surface area contributed by atoms with Crippen molar-refractivity contribution in [3.05, 3.63) is 56.7 Å². The molecule has 0 aliphatic carbocycles. The standard InChI is InChI=1S/C22H30N6O3/c1-26-19-18(20(29)25-22(26)30)28(12-5-9-17-7-3-2-4-8-17)21(24-19)23-10-6-11-27-13-15-31-16-14-27/h2-4,7-8H,5-6,9-16H2,1H3,(H,23,24)(H,25,29,30)/p+1. The molecular weight excluding hydrogens is 396 g/mol. The molecule has 166 valence electrons. The van der Waals surface area contributed by atoms with Crippen LogP contribution in [0.25, 0.3) is 11.2 Å². The average Bonchev–Trinajstić information content (AvgIpc) is 3.16. The molecule has 1 aliphatic heterocycles. The Hall–Kier alpha value is -2.91. The molecule has 1 fully saturated rings. The second-order valence-corrected chi connectivity index (χ2v) is 8.06. The number of nitrogens with zero attached hydrogens (tertiary/aromatic N) is 3. The molecule has 0 amide bonds. The van der Waals surface area contributed by atoms with Crippen LogP contribution in [0, 0.1) is 0 Å². The SMILES string of the molecule is Cn1c(=O)[nH]c(=O)c2c1nc(NCCC[NH+]1CCOCC1)n2CCCc1ccccc1. The van der Waals surface area contributed by atoms with Gasteiger partial charge in [0.1, 0.15) is 13.1 Å². The number of quaternary nitrogens is 1. The summed E-state index contributed by atoms with van der Waals surface area (Å²) < 4.78 is 8.73. The van der Waals surface area contributed by atoms with E-state index >= 15 is 0 Å². The predicted octanol–water partition coefficient (Wildman–Crippen LogP) is -0.227. The normalized spacial score (nSPS) is 14.9. The molecule has 0 spiro atoms. The lowest BCUT2D eigenvalue weighted by Crippen LogP contribution is -3.14. The number of hydrogen-bond donors (Lipinski definition) is 3. The molecule has 2 aromatic heterocycles. The molecule has 1 aliphatic rings. The number of benzene rings is 1. The Labute approximate surface area is 180 Å². The van der Waals surface area contributed by atoms with Crippen molar-refractivity contribution in [3.63, 3.8) is 0 Å². The molecule has 31 heavy (non-hydrogen) atoms. The van der Waals surface area contributed by atoms with Gasteiger partial charge in [0.25, 0.3) is 5.56 Å². The third-order valence-corrected chi connectivity index (χ3v) is 5.89. The van der Waals surface area contributed by atoms with Gasteiger partial charge in [0.2, 0.25) is 5.95 Å². The zero-order valence-electron chi connectivity index (χ0n) is 18.0. The van der Waals surface area contributed by atoms with Gasteiger partial charge in [-0.2, -0.15) is 4.98 Å². The van der Waals surface area contributed by atoms with E-state index in [2.05, 4.69) is 27.4 Å². The van der Waals surface area contributed by atoms with Gasteiger partial charge >= 0.3 is 5.69 Å². The minimum atomic E-state index is -0.450. The lowest BCUT2D eigenvalue weighted by molar-refractivity contribution is -0.908. The van der Waals surface area contributed by atoms with Gasteiger partial charge in [-0.25, -0.2) is 4.79 Å². The summed E-state index contributed by atoms with van der Waals surface area (Å²) in [5, 5.41) is 3.40.